The average Bonchev–Trinajstić information content (AvgIpc) is 2.81. The van der Waals surface area contributed by atoms with Crippen molar-refractivity contribution in [1.29, 1.82) is 0 Å². The molecular weight excluding hydrogens is 400 g/mol. The van der Waals surface area contributed by atoms with Crippen molar-refractivity contribution in [3.63, 3.8) is 0 Å². The molecule has 32 heavy (non-hydrogen) atoms. The first-order valence-corrected chi connectivity index (χ1v) is 12.4. The largest absolute Gasteiger partial charge is 0.494 e. The number of hydrogen-bond donors (Lipinski definition) is 1. The number of aromatic carboxylic acids is 1. The van der Waals surface area contributed by atoms with E-state index in [2.05, 4.69) is 6.92 Å². The predicted octanol–water partition coefficient (Wildman–Crippen LogP) is 8.04. The SMILES string of the molecule is CCCCCCCCCCCCCCOc1ccc(OCc2ccccc2)c(C(=O)O)c1. The minimum absolute atomic E-state index is 0.133. The lowest BCUT2D eigenvalue weighted by Crippen LogP contribution is -2.05. The molecule has 2 rings (SSSR count). The summed E-state index contributed by atoms with van der Waals surface area (Å²) in [5.74, 6) is -0.0690. The van der Waals surface area contributed by atoms with Crippen LogP contribution in [0.5, 0.6) is 11.5 Å². The zero-order valence-corrected chi connectivity index (χ0v) is 19.7. The van der Waals surface area contributed by atoms with Crippen molar-refractivity contribution in [3.05, 3.63) is 59.7 Å². The Labute approximate surface area is 194 Å². The van der Waals surface area contributed by atoms with Gasteiger partial charge in [0.25, 0.3) is 0 Å². The van der Waals surface area contributed by atoms with Gasteiger partial charge >= 0.3 is 5.97 Å². The van der Waals surface area contributed by atoms with Crippen molar-refractivity contribution in [2.45, 2.75) is 90.6 Å². The van der Waals surface area contributed by atoms with Gasteiger partial charge in [0.15, 0.2) is 0 Å². The fourth-order valence-corrected chi connectivity index (χ4v) is 3.76. The topological polar surface area (TPSA) is 55.8 Å². The molecule has 4 nitrogen and oxygen atoms in total. The molecular formula is C28H40O4. The van der Waals surface area contributed by atoms with E-state index in [-0.39, 0.29) is 5.56 Å². The Morgan fingerprint density at radius 2 is 1.34 bits per heavy atom. The van der Waals surface area contributed by atoms with Gasteiger partial charge in [-0.15, -0.1) is 0 Å². The molecule has 2 aromatic rings. The summed E-state index contributed by atoms with van der Waals surface area (Å²) in [5, 5.41) is 9.54. The summed E-state index contributed by atoms with van der Waals surface area (Å²) < 4.78 is 11.5. The van der Waals surface area contributed by atoms with Crippen LogP contribution in [0.25, 0.3) is 0 Å². The van der Waals surface area contributed by atoms with Gasteiger partial charge in [-0.2, -0.15) is 0 Å². The van der Waals surface area contributed by atoms with E-state index in [0.29, 0.717) is 24.7 Å². The Hall–Kier alpha value is -2.49. The molecule has 0 fully saturated rings. The van der Waals surface area contributed by atoms with E-state index in [1.807, 2.05) is 30.3 Å². The van der Waals surface area contributed by atoms with Gasteiger partial charge < -0.3 is 14.6 Å². The smallest absolute Gasteiger partial charge is 0.339 e. The molecule has 0 saturated carbocycles. The summed E-state index contributed by atoms with van der Waals surface area (Å²) in [6, 6.07) is 14.7. The zero-order chi connectivity index (χ0) is 22.9. The third-order valence-electron chi connectivity index (χ3n) is 5.69. The van der Waals surface area contributed by atoms with Gasteiger partial charge in [-0.3, -0.25) is 0 Å². The van der Waals surface area contributed by atoms with Crippen LogP contribution < -0.4 is 9.47 Å². The second-order valence-electron chi connectivity index (χ2n) is 8.47. The van der Waals surface area contributed by atoms with Gasteiger partial charge in [0.2, 0.25) is 0 Å². The number of ether oxygens (including phenoxy) is 2. The van der Waals surface area contributed by atoms with E-state index < -0.39 is 5.97 Å². The minimum Gasteiger partial charge on any atom is -0.494 e. The Balaban J connectivity index is 1.60. The van der Waals surface area contributed by atoms with Gasteiger partial charge in [0, 0.05) is 0 Å². The first-order chi connectivity index (χ1) is 15.7. The summed E-state index contributed by atoms with van der Waals surface area (Å²) in [4.78, 5) is 11.6. The second-order valence-corrected chi connectivity index (χ2v) is 8.47. The maximum absolute atomic E-state index is 11.6. The highest BCUT2D eigenvalue weighted by Gasteiger charge is 2.13. The maximum Gasteiger partial charge on any atom is 0.339 e. The molecule has 176 valence electrons. The molecule has 0 unspecified atom stereocenters. The molecule has 2 aromatic carbocycles. The lowest BCUT2D eigenvalue weighted by Gasteiger charge is -2.12. The van der Waals surface area contributed by atoms with E-state index in [1.165, 1.54) is 64.2 Å². The molecule has 0 bridgehead atoms. The Morgan fingerprint density at radius 1 is 0.750 bits per heavy atom. The van der Waals surface area contributed by atoms with Crippen molar-refractivity contribution in [3.8, 4) is 11.5 Å². The third kappa shape index (κ3) is 10.7. The molecule has 0 amide bonds. The number of unbranched alkanes of at least 4 members (excludes halogenated alkanes) is 11. The summed E-state index contributed by atoms with van der Waals surface area (Å²) in [6.07, 6.45) is 15.6. The highest BCUT2D eigenvalue weighted by Crippen LogP contribution is 2.25. The van der Waals surface area contributed by atoms with E-state index >= 15 is 0 Å². The molecule has 1 N–H and O–H groups in total. The lowest BCUT2D eigenvalue weighted by molar-refractivity contribution is 0.0691. The number of carboxylic acid groups (broad SMARTS) is 1. The van der Waals surface area contributed by atoms with Gasteiger partial charge in [0.1, 0.15) is 23.7 Å². The van der Waals surface area contributed by atoms with Crippen LogP contribution >= 0.6 is 0 Å². The second kappa shape index (κ2) is 16.2. The van der Waals surface area contributed by atoms with Crippen LogP contribution in [0.15, 0.2) is 48.5 Å². The van der Waals surface area contributed by atoms with Crippen molar-refractivity contribution in [1.82, 2.24) is 0 Å². The number of carboxylic acids is 1. The molecule has 0 saturated heterocycles. The Morgan fingerprint density at radius 3 is 1.94 bits per heavy atom. The summed E-state index contributed by atoms with van der Waals surface area (Å²) in [5.41, 5.74) is 1.13. The van der Waals surface area contributed by atoms with Gasteiger partial charge in [-0.1, -0.05) is 108 Å². The van der Waals surface area contributed by atoms with Crippen molar-refractivity contribution in [2.75, 3.05) is 6.61 Å². The van der Waals surface area contributed by atoms with Crippen LogP contribution in [0.1, 0.15) is 99.9 Å². The standard InChI is InChI=1S/C28H40O4/c1-2-3-4-5-6-7-8-9-10-11-12-16-21-31-25-19-20-27(26(22-25)28(29)30)32-23-24-17-14-13-15-18-24/h13-15,17-20,22H,2-12,16,21,23H2,1H3,(H,29,30). The van der Waals surface area contributed by atoms with Crippen LogP contribution in [-0.2, 0) is 6.61 Å². The molecule has 0 aliphatic carbocycles. The molecule has 0 atom stereocenters. The first kappa shape index (κ1) is 25.8. The monoisotopic (exact) mass is 440 g/mol. The van der Waals surface area contributed by atoms with E-state index in [1.54, 1.807) is 18.2 Å². The molecule has 0 aromatic heterocycles. The summed E-state index contributed by atoms with van der Waals surface area (Å²) >= 11 is 0. The first-order valence-electron chi connectivity index (χ1n) is 12.4. The van der Waals surface area contributed by atoms with Crippen LogP contribution in [0.2, 0.25) is 0 Å². The predicted molar refractivity (Wildman–Crippen MR) is 131 cm³/mol. The van der Waals surface area contributed by atoms with E-state index in [0.717, 1.165) is 18.4 Å². The fourth-order valence-electron chi connectivity index (χ4n) is 3.76. The quantitative estimate of drug-likeness (QED) is 0.238. The van der Waals surface area contributed by atoms with Crippen molar-refractivity contribution in [2.24, 2.45) is 0 Å². The summed E-state index contributed by atoms with van der Waals surface area (Å²) in [6.45, 7) is 3.21. The van der Waals surface area contributed by atoms with E-state index in [9.17, 15) is 9.90 Å². The van der Waals surface area contributed by atoms with Crippen LogP contribution in [0.3, 0.4) is 0 Å². The van der Waals surface area contributed by atoms with E-state index in [4.69, 9.17) is 9.47 Å². The Kier molecular flexibility index (Phi) is 13.0. The number of carbonyl (C=O) groups is 1. The number of hydrogen-bond acceptors (Lipinski definition) is 3. The highest BCUT2D eigenvalue weighted by molar-refractivity contribution is 5.91. The van der Waals surface area contributed by atoms with Crippen LogP contribution in [-0.4, -0.2) is 17.7 Å². The fraction of sp³-hybridized carbons (Fsp3) is 0.536. The van der Waals surface area contributed by atoms with Crippen molar-refractivity contribution < 1.29 is 19.4 Å². The molecule has 0 spiro atoms. The van der Waals surface area contributed by atoms with Gasteiger partial charge in [0.05, 0.1) is 6.61 Å². The minimum atomic E-state index is -1.01. The third-order valence-corrected chi connectivity index (χ3v) is 5.69. The van der Waals surface area contributed by atoms with Crippen molar-refractivity contribution >= 4 is 5.97 Å². The average molecular weight is 441 g/mol. The number of rotatable bonds is 18. The molecule has 0 radical (unpaired) electrons. The zero-order valence-electron chi connectivity index (χ0n) is 19.7. The van der Waals surface area contributed by atoms with Crippen LogP contribution in [0, 0.1) is 0 Å². The van der Waals surface area contributed by atoms with Crippen LogP contribution in [0.4, 0.5) is 0 Å². The Bertz CT molecular complexity index is 757. The molecule has 0 aliphatic heterocycles. The summed E-state index contributed by atoms with van der Waals surface area (Å²) in [7, 11) is 0. The lowest BCUT2D eigenvalue weighted by atomic mass is 10.1. The molecule has 4 heteroatoms. The molecule has 0 heterocycles. The molecule has 0 aliphatic rings. The number of benzene rings is 2. The highest BCUT2D eigenvalue weighted by atomic mass is 16.5. The maximum atomic E-state index is 11.6. The van der Waals surface area contributed by atoms with Gasteiger partial charge in [-0.25, -0.2) is 4.79 Å². The van der Waals surface area contributed by atoms with Gasteiger partial charge in [-0.05, 0) is 30.2 Å². The normalized spacial score (nSPS) is 10.8.